The van der Waals surface area contributed by atoms with E-state index < -0.39 is 23.0 Å². The van der Waals surface area contributed by atoms with Crippen molar-refractivity contribution in [1.29, 1.82) is 21.0 Å². The van der Waals surface area contributed by atoms with Crippen LogP contribution in [-0.2, 0) is 0 Å². The standard InChI is InChI=1S/C20H16N4OS2/c1-11-5-16(13(3)26-11)18(19(25)17-6-12(2)27-14(17)4)20(9-23,10-24)15(7-21)8-22/h5-6,15,18H,1-4H3. The Morgan fingerprint density at radius 1 is 0.926 bits per heavy atom. The first-order chi connectivity index (χ1) is 12.7. The number of nitriles is 4. The first-order valence-electron chi connectivity index (χ1n) is 8.05. The van der Waals surface area contributed by atoms with Gasteiger partial charge in [0.2, 0.25) is 0 Å². The third-order valence-electron chi connectivity index (χ3n) is 4.50. The highest BCUT2D eigenvalue weighted by atomic mass is 32.1. The van der Waals surface area contributed by atoms with Crippen LogP contribution in [-0.4, -0.2) is 5.78 Å². The molecule has 0 amide bonds. The molecule has 2 heterocycles. The van der Waals surface area contributed by atoms with Gasteiger partial charge in [0.05, 0.1) is 30.2 Å². The molecular formula is C20H16N4OS2. The fourth-order valence-electron chi connectivity index (χ4n) is 3.24. The summed E-state index contributed by atoms with van der Waals surface area (Å²) in [5.74, 6) is -3.17. The normalized spacial score (nSPS) is 11.9. The summed E-state index contributed by atoms with van der Waals surface area (Å²) in [5.41, 5.74) is -1.14. The molecule has 0 aliphatic rings. The molecule has 0 aliphatic heterocycles. The Bertz CT molecular complexity index is 1040. The smallest absolute Gasteiger partial charge is 0.186 e. The van der Waals surface area contributed by atoms with Crippen LogP contribution < -0.4 is 0 Å². The van der Waals surface area contributed by atoms with E-state index in [-0.39, 0.29) is 0 Å². The van der Waals surface area contributed by atoms with Crippen molar-refractivity contribution in [1.82, 2.24) is 0 Å². The molecule has 7 heteroatoms. The van der Waals surface area contributed by atoms with Crippen LogP contribution in [0.25, 0.3) is 0 Å². The molecule has 1 unspecified atom stereocenters. The van der Waals surface area contributed by atoms with Crippen molar-refractivity contribution >= 4 is 28.5 Å². The van der Waals surface area contributed by atoms with Gasteiger partial charge in [-0.25, -0.2) is 0 Å². The Hall–Kier alpha value is -2.97. The molecule has 0 fully saturated rings. The van der Waals surface area contributed by atoms with Crippen molar-refractivity contribution in [3.63, 3.8) is 0 Å². The fourth-order valence-corrected chi connectivity index (χ4v) is 5.14. The van der Waals surface area contributed by atoms with Crippen molar-refractivity contribution in [2.45, 2.75) is 33.6 Å². The minimum atomic E-state index is -2.10. The summed E-state index contributed by atoms with van der Waals surface area (Å²) >= 11 is 2.90. The number of aryl methyl sites for hydroxylation is 4. The number of Topliss-reactive ketones (excluding diaryl/α,β-unsaturated/α-hetero) is 1. The van der Waals surface area contributed by atoms with Crippen LogP contribution >= 0.6 is 22.7 Å². The molecule has 27 heavy (non-hydrogen) atoms. The first kappa shape index (κ1) is 20.3. The highest BCUT2D eigenvalue weighted by Gasteiger charge is 2.53. The van der Waals surface area contributed by atoms with Gasteiger partial charge in [-0.3, -0.25) is 4.79 Å². The van der Waals surface area contributed by atoms with Gasteiger partial charge in [-0.05, 0) is 45.4 Å². The molecule has 0 spiro atoms. The molecule has 2 aromatic rings. The van der Waals surface area contributed by atoms with Crippen LogP contribution in [0.4, 0.5) is 0 Å². The zero-order chi connectivity index (χ0) is 20.4. The van der Waals surface area contributed by atoms with E-state index in [0.717, 1.165) is 19.5 Å². The van der Waals surface area contributed by atoms with Gasteiger partial charge in [0.15, 0.2) is 17.1 Å². The lowest BCUT2D eigenvalue weighted by Crippen LogP contribution is -2.38. The zero-order valence-corrected chi connectivity index (χ0v) is 17.0. The number of hydrogen-bond acceptors (Lipinski definition) is 7. The van der Waals surface area contributed by atoms with Crippen LogP contribution in [0.3, 0.4) is 0 Å². The minimum absolute atomic E-state index is 0.406. The molecule has 1 atom stereocenters. The van der Waals surface area contributed by atoms with Gasteiger partial charge < -0.3 is 0 Å². The average molecular weight is 393 g/mol. The van der Waals surface area contributed by atoms with Crippen molar-refractivity contribution in [3.05, 3.63) is 42.8 Å². The van der Waals surface area contributed by atoms with E-state index in [1.165, 1.54) is 22.7 Å². The molecule has 0 N–H and O–H groups in total. The van der Waals surface area contributed by atoms with E-state index in [1.807, 2.05) is 32.9 Å². The molecule has 0 aromatic carbocycles. The number of carbonyl (C=O) groups excluding carboxylic acids is 1. The summed E-state index contributed by atoms with van der Waals surface area (Å²) < 4.78 is 0. The summed E-state index contributed by atoms with van der Waals surface area (Å²) in [6.07, 6.45) is 0. The molecule has 0 bridgehead atoms. The van der Waals surface area contributed by atoms with Gasteiger partial charge in [-0.2, -0.15) is 21.0 Å². The third-order valence-corrected chi connectivity index (χ3v) is 6.45. The predicted octanol–water partition coefficient (Wildman–Crippen LogP) is 4.71. The number of carbonyl (C=O) groups is 1. The van der Waals surface area contributed by atoms with E-state index in [1.54, 1.807) is 31.2 Å². The molecular weight excluding hydrogens is 376 g/mol. The molecule has 0 radical (unpaired) electrons. The average Bonchev–Trinajstić information content (AvgIpc) is 3.14. The van der Waals surface area contributed by atoms with Crippen molar-refractivity contribution in [2.24, 2.45) is 11.3 Å². The highest BCUT2D eigenvalue weighted by molar-refractivity contribution is 7.12. The van der Waals surface area contributed by atoms with Crippen molar-refractivity contribution < 1.29 is 4.79 Å². The maximum atomic E-state index is 13.5. The molecule has 134 valence electrons. The number of hydrogen-bond donors (Lipinski definition) is 0. The molecule has 2 aromatic heterocycles. The van der Waals surface area contributed by atoms with Crippen LogP contribution in [0, 0.1) is 84.4 Å². The van der Waals surface area contributed by atoms with Crippen LogP contribution in [0.2, 0.25) is 0 Å². The summed E-state index contributed by atoms with van der Waals surface area (Å²) in [4.78, 5) is 17.0. The second kappa shape index (κ2) is 7.73. The number of ketones is 1. The first-order valence-corrected chi connectivity index (χ1v) is 9.68. The van der Waals surface area contributed by atoms with E-state index in [0.29, 0.717) is 11.1 Å². The minimum Gasteiger partial charge on any atom is -0.293 e. The Balaban J connectivity index is 2.84. The summed E-state index contributed by atoms with van der Waals surface area (Å²) in [7, 11) is 0. The van der Waals surface area contributed by atoms with Gasteiger partial charge in [-0.15, -0.1) is 22.7 Å². The largest absolute Gasteiger partial charge is 0.293 e. The Kier molecular flexibility index (Phi) is 5.82. The van der Waals surface area contributed by atoms with Gasteiger partial charge in [0, 0.05) is 25.1 Å². The number of nitrogens with zero attached hydrogens (tertiary/aromatic N) is 4. The van der Waals surface area contributed by atoms with E-state index in [9.17, 15) is 25.8 Å². The Morgan fingerprint density at radius 3 is 1.81 bits per heavy atom. The maximum Gasteiger partial charge on any atom is 0.186 e. The molecule has 2 rings (SSSR count). The summed E-state index contributed by atoms with van der Waals surface area (Å²) in [6.45, 7) is 7.36. The molecule has 0 saturated heterocycles. The number of rotatable bonds is 5. The Labute approximate surface area is 166 Å². The fraction of sp³-hybridized carbons (Fsp3) is 0.350. The second-order valence-electron chi connectivity index (χ2n) is 6.28. The second-order valence-corrected chi connectivity index (χ2v) is 9.20. The zero-order valence-electron chi connectivity index (χ0n) is 15.3. The number of thiophene rings is 2. The van der Waals surface area contributed by atoms with E-state index in [4.69, 9.17) is 0 Å². The monoisotopic (exact) mass is 392 g/mol. The summed E-state index contributed by atoms with van der Waals surface area (Å²) in [5, 5.41) is 38.6. The molecule has 5 nitrogen and oxygen atoms in total. The quantitative estimate of drug-likeness (QED) is 0.684. The maximum absolute atomic E-state index is 13.5. The van der Waals surface area contributed by atoms with Crippen molar-refractivity contribution in [3.8, 4) is 24.3 Å². The van der Waals surface area contributed by atoms with Crippen LogP contribution in [0.15, 0.2) is 12.1 Å². The van der Waals surface area contributed by atoms with Crippen molar-refractivity contribution in [2.75, 3.05) is 0 Å². The molecule has 0 aliphatic carbocycles. The van der Waals surface area contributed by atoms with E-state index in [2.05, 4.69) is 0 Å². The van der Waals surface area contributed by atoms with Gasteiger partial charge in [0.1, 0.15) is 0 Å². The van der Waals surface area contributed by atoms with Gasteiger partial charge >= 0.3 is 0 Å². The summed E-state index contributed by atoms with van der Waals surface area (Å²) in [6, 6.07) is 10.7. The van der Waals surface area contributed by atoms with Crippen LogP contribution in [0.1, 0.15) is 41.3 Å². The van der Waals surface area contributed by atoms with Gasteiger partial charge in [-0.1, -0.05) is 0 Å². The molecule has 0 saturated carbocycles. The predicted molar refractivity (Wildman–Crippen MR) is 103 cm³/mol. The lowest BCUT2D eigenvalue weighted by atomic mass is 9.64. The third kappa shape index (κ3) is 3.36. The topological polar surface area (TPSA) is 112 Å². The van der Waals surface area contributed by atoms with Crippen LogP contribution in [0.5, 0.6) is 0 Å². The van der Waals surface area contributed by atoms with E-state index >= 15 is 0 Å². The lowest BCUT2D eigenvalue weighted by molar-refractivity contribution is 0.0913. The Morgan fingerprint density at radius 2 is 1.44 bits per heavy atom. The highest BCUT2D eigenvalue weighted by Crippen LogP contribution is 2.46. The lowest BCUT2D eigenvalue weighted by Gasteiger charge is -2.29. The SMILES string of the molecule is Cc1cc(C(=O)C(c2cc(C)sc2C)C(C#N)(C#N)C(C#N)C#N)c(C)s1. The van der Waals surface area contributed by atoms with Gasteiger partial charge in [0.25, 0.3) is 0 Å².